The van der Waals surface area contributed by atoms with Gasteiger partial charge in [0.25, 0.3) is 0 Å². The molecule has 0 aliphatic carbocycles. The molecule has 0 heterocycles. The topological polar surface area (TPSA) is 68.8 Å². The van der Waals surface area contributed by atoms with E-state index in [1.807, 2.05) is 0 Å². The Kier molecular flexibility index (Phi) is 7.54. The van der Waals surface area contributed by atoms with E-state index in [-0.39, 0.29) is 18.5 Å². The van der Waals surface area contributed by atoms with Crippen molar-refractivity contribution in [3.8, 4) is 17.2 Å². The monoisotopic (exact) mass is 362 g/mol. The number of para-hydroxylation sites is 1. The fourth-order valence-corrected chi connectivity index (χ4v) is 2.33. The van der Waals surface area contributed by atoms with Crippen LogP contribution in [0.1, 0.15) is 5.56 Å². The van der Waals surface area contributed by atoms with E-state index in [1.54, 1.807) is 37.4 Å². The molecule has 0 aromatic heterocycles. The van der Waals surface area contributed by atoms with E-state index in [4.69, 9.17) is 14.2 Å². The molecule has 0 unspecified atom stereocenters. The van der Waals surface area contributed by atoms with Crippen LogP contribution in [0.3, 0.4) is 0 Å². The highest BCUT2D eigenvalue weighted by atomic mass is 19.1. The van der Waals surface area contributed by atoms with Gasteiger partial charge in [0.2, 0.25) is 5.75 Å². The van der Waals surface area contributed by atoms with E-state index >= 15 is 0 Å². The molecule has 2 amide bonds. The number of nitrogens with one attached hydrogen (secondary N) is 2. The summed E-state index contributed by atoms with van der Waals surface area (Å²) in [6.07, 6.45) is 0.630. The minimum atomic E-state index is -0.284. The fraction of sp³-hybridized carbons (Fsp3) is 0.316. The smallest absolute Gasteiger partial charge is 0.314 e. The molecule has 7 heteroatoms. The third kappa shape index (κ3) is 5.84. The van der Waals surface area contributed by atoms with E-state index in [1.165, 1.54) is 19.2 Å². The number of rotatable bonds is 9. The molecule has 2 N–H and O–H groups in total. The molecule has 0 spiro atoms. The van der Waals surface area contributed by atoms with Gasteiger partial charge in [-0.05, 0) is 36.2 Å². The Hall–Kier alpha value is -2.96. The van der Waals surface area contributed by atoms with Crippen LogP contribution in [0.15, 0.2) is 42.5 Å². The first-order chi connectivity index (χ1) is 12.6. The van der Waals surface area contributed by atoms with Crippen LogP contribution in [0.25, 0.3) is 0 Å². The standard InChI is InChI=1S/C19H23FN2O4/c1-24-16-4-3-5-17(18(16)25-2)26-13-12-22-19(23)21-11-10-14-6-8-15(20)9-7-14/h3-9H,10-13H2,1-2H3,(H2,21,22,23). The van der Waals surface area contributed by atoms with Gasteiger partial charge in [0.1, 0.15) is 12.4 Å². The van der Waals surface area contributed by atoms with Gasteiger partial charge in [-0.25, -0.2) is 9.18 Å². The van der Waals surface area contributed by atoms with Crippen LogP contribution in [-0.4, -0.2) is 39.9 Å². The Morgan fingerprint density at radius 3 is 2.35 bits per heavy atom. The highest BCUT2D eigenvalue weighted by molar-refractivity contribution is 5.73. The van der Waals surface area contributed by atoms with E-state index in [0.29, 0.717) is 36.8 Å². The highest BCUT2D eigenvalue weighted by Crippen LogP contribution is 2.36. The molecular formula is C19H23FN2O4. The number of halogens is 1. The summed E-state index contributed by atoms with van der Waals surface area (Å²) in [7, 11) is 3.09. The minimum Gasteiger partial charge on any atom is -0.493 e. The SMILES string of the molecule is COc1cccc(OCCNC(=O)NCCc2ccc(F)cc2)c1OC. The van der Waals surface area contributed by atoms with Gasteiger partial charge in [0.05, 0.1) is 20.8 Å². The summed E-state index contributed by atoms with van der Waals surface area (Å²) < 4.78 is 28.9. The van der Waals surface area contributed by atoms with Crippen LogP contribution in [0.4, 0.5) is 9.18 Å². The van der Waals surface area contributed by atoms with Crippen molar-refractivity contribution in [2.75, 3.05) is 33.9 Å². The predicted molar refractivity (Wildman–Crippen MR) is 96.5 cm³/mol. The van der Waals surface area contributed by atoms with E-state index in [0.717, 1.165) is 5.56 Å². The van der Waals surface area contributed by atoms with Crippen LogP contribution in [0, 0.1) is 5.82 Å². The summed E-state index contributed by atoms with van der Waals surface area (Å²) in [5.41, 5.74) is 0.958. The molecule has 0 saturated carbocycles. The Bertz CT molecular complexity index is 707. The van der Waals surface area contributed by atoms with Gasteiger partial charge in [-0.1, -0.05) is 18.2 Å². The molecule has 140 valence electrons. The molecule has 2 aromatic rings. The summed E-state index contributed by atoms with van der Waals surface area (Å²) in [6.45, 7) is 1.08. The number of hydrogen-bond donors (Lipinski definition) is 2. The summed E-state index contributed by atoms with van der Waals surface area (Å²) in [6, 6.07) is 11.3. The average Bonchev–Trinajstić information content (AvgIpc) is 2.66. The first kappa shape index (κ1) is 19.4. The lowest BCUT2D eigenvalue weighted by Gasteiger charge is -2.14. The summed E-state index contributed by atoms with van der Waals surface area (Å²) in [5, 5.41) is 5.45. The minimum absolute atomic E-state index is 0.271. The van der Waals surface area contributed by atoms with Crippen molar-refractivity contribution >= 4 is 6.03 Å². The Morgan fingerprint density at radius 1 is 0.962 bits per heavy atom. The molecule has 26 heavy (non-hydrogen) atoms. The second-order valence-corrected chi connectivity index (χ2v) is 5.40. The van der Waals surface area contributed by atoms with Crippen molar-refractivity contribution in [3.63, 3.8) is 0 Å². The molecule has 0 fully saturated rings. The first-order valence-corrected chi connectivity index (χ1v) is 8.24. The Balaban J connectivity index is 1.66. The van der Waals surface area contributed by atoms with E-state index in [2.05, 4.69) is 10.6 Å². The predicted octanol–water partition coefficient (Wildman–Crippen LogP) is 2.76. The van der Waals surface area contributed by atoms with Crippen molar-refractivity contribution in [2.24, 2.45) is 0 Å². The number of methoxy groups -OCH3 is 2. The number of urea groups is 1. The van der Waals surface area contributed by atoms with Crippen molar-refractivity contribution < 1.29 is 23.4 Å². The van der Waals surface area contributed by atoms with Crippen molar-refractivity contribution in [2.45, 2.75) is 6.42 Å². The highest BCUT2D eigenvalue weighted by Gasteiger charge is 2.10. The second kappa shape index (κ2) is 10.1. The Morgan fingerprint density at radius 2 is 1.65 bits per heavy atom. The average molecular weight is 362 g/mol. The number of carbonyl (C=O) groups is 1. The van der Waals surface area contributed by atoms with Crippen LogP contribution in [-0.2, 0) is 6.42 Å². The second-order valence-electron chi connectivity index (χ2n) is 5.40. The zero-order chi connectivity index (χ0) is 18.8. The lowest BCUT2D eigenvalue weighted by molar-refractivity contribution is 0.235. The van der Waals surface area contributed by atoms with Crippen LogP contribution >= 0.6 is 0 Å². The quantitative estimate of drug-likeness (QED) is 0.673. The van der Waals surface area contributed by atoms with Crippen molar-refractivity contribution in [3.05, 3.63) is 53.8 Å². The zero-order valence-corrected chi connectivity index (χ0v) is 14.9. The molecule has 0 saturated heterocycles. The lowest BCUT2D eigenvalue weighted by Crippen LogP contribution is -2.38. The first-order valence-electron chi connectivity index (χ1n) is 8.24. The molecule has 2 aromatic carbocycles. The normalized spacial score (nSPS) is 10.1. The van der Waals surface area contributed by atoms with Crippen LogP contribution in [0.5, 0.6) is 17.2 Å². The number of amides is 2. The molecule has 0 aliphatic heterocycles. The third-order valence-corrected chi connectivity index (χ3v) is 3.62. The molecule has 0 bridgehead atoms. The largest absolute Gasteiger partial charge is 0.493 e. The maximum absolute atomic E-state index is 12.8. The molecular weight excluding hydrogens is 339 g/mol. The van der Waals surface area contributed by atoms with Gasteiger partial charge in [-0.15, -0.1) is 0 Å². The van der Waals surface area contributed by atoms with Crippen molar-refractivity contribution in [1.29, 1.82) is 0 Å². The van der Waals surface area contributed by atoms with Gasteiger partial charge in [0, 0.05) is 6.54 Å². The van der Waals surface area contributed by atoms with E-state index in [9.17, 15) is 9.18 Å². The van der Waals surface area contributed by atoms with Gasteiger partial charge in [-0.3, -0.25) is 0 Å². The maximum atomic E-state index is 12.8. The fourth-order valence-electron chi connectivity index (χ4n) is 2.33. The van der Waals surface area contributed by atoms with Gasteiger partial charge < -0.3 is 24.8 Å². The molecule has 0 radical (unpaired) electrons. The van der Waals surface area contributed by atoms with Crippen LogP contribution in [0.2, 0.25) is 0 Å². The van der Waals surface area contributed by atoms with Gasteiger partial charge in [0.15, 0.2) is 11.5 Å². The lowest BCUT2D eigenvalue weighted by atomic mass is 10.1. The third-order valence-electron chi connectivity index (χ3n) is 3.62. The molecule has 0 aliphatic rings. The number of carbonyl (C=O) groups excluding carboxylic acids is 1. The van der Waals surface area contributed by atoms with Gasteiger partial charge >= 0.3 is 6.03 Å². The molecule has 0 atom stereocenters. The molecule has 2 rings (SSSR count). The zero-order valence-electron chi connectivity index (χ0n) is 14.9. The summed E-state index contributed by atoms with van der Waals surface area (Å²) >= 11 is 0. The van der Waals surface area contributed by atoms with E-state index < -0.39 is 0 Å². The van der Waals surface area contributed by atoms with Crippen LogP contribution < -0.4 is 24.8 Å². The maximum Gasteiger partial charge on any atom is 0.314 e. The van der Waals surface area contributed by atoms with Crippen molar-refractivity contribution in [1.82, 2.24) is 10.6 Å². The molecule has 6 nitrogen and oxygen atoms in total. The number of hydrogen-bond acceptors (Lipinski definition) is 4. The Labute approximate surface area is 152 Å². The summed E-state index contributed by atoms with van der Waals surface area (Å²) in [5.74, 6) is 1.37. The number of ether oxygens (including phenoxy) is 3. The number of benzene rings is 2. The van der Waals surface area contributed by atoms with Gasteiger partial charge in [-0.2, -0.15) is 0 Å². The summed E-state index contributed by atoms with van der Waals surface area (Å²) in [4.78, 5) is 11.7.